The van der Waals surface area contributed by atoms with Crippen molar-refractivity contribution in [2.24, 2.45) is 0 Å². The number of carbonyl (C=O) groups excluding carboxylic acids is 1. The Morgan fingerprint density at radius 2 is 1.88 bits per heavy atom. The van der Waals surface area contributed by atoms with Crippen molar-refractivity contribution >= 4 is 12.0 Å². The fourth-order valence-corrected chi connectivity index (χ4v) is 2.72. The average Bonchev–Trinajstić information content (AvgIpc) is 2.59. The van der Waals surface area contributed by atoms with Crippen LogP contribution in [0, 0.1) is 13.8 Å². The third-order valence-electron chi connectivity index (χ3n) is 4.07. The summed E-state index contributed by atoms with van der Waals surface area (Å²) in [5.74, 6) is 0.718. The Bertz CT molecular complexity index is 717. The van der Waals surface area contributed by atoms with Crippen LogP contribution in [0.1, 0.15) is 41.6 Å². The van der Waals surface area contributed by atoms with Crippen LogP contribution < -0.4 is 10.1 Å². The lowest BCUT2D eigenvalue weighted by atomic mass is 9.97. The summed E-state index contributed by atoms with van der Waals surface area (Å²) in [6.45, 7) is 6.25. The number of ether oxygens (including phenoxy) is 1. The van der Waals surface area contributed by atoms with Gasteiger partial charge in [-0.3, -0.25) is 4.79 Å². The fourth-order valence-electron chi connectivity index (χ4n) is 2.72. The Morgan fingerprint density at radius 1 is 1.17 bits per heavy atom. The maximum atomic E-state index is 12.2. The van der Waals surface area contributed by atoms with Crippen molar-refractivity contribution in [2.45, 2.75) is 33.2 Å². The highest BCUT2D eigenvalue weighted by molar-refractivity contribution is 5.92. The van der Waals surface area contributed by atoms with Gasteiger partial charge in [0.25, 0.3) is 0 Å². The quantitative estimate of drug-likeness (QED) is 0.789. The normalized spacial score (nSPS) is 12.2. The van der Waals surface area contributed by atoms with E-state index >= 15 is 0 Å². The molecular formula is C21H25NO2. The molecule has 0 bridgehead atoms. The van der Waals surface area contributed by atoms with Crippen molar-refractivity contribution in [2.75, 3.05) is 7.11 Å². The van der Waals surface area contributed by atoms with Gasteiger partial charge in [-0.2, -0.15) is 0 Å². The Labute approximate surface area is 144 Å². The lowest BCUT2D eigenvalue weighted by Gasteiger charge is -2.19. The second-order valence-corrected chi connectivity index (χ2v) is 5.94. The molecule has 0 aliphatic heterocycles. The van der Waals surface area contributed by atoms with Crippen LogP contribution in [0.4, 0.5) is 0 Å². The van der Waals surface area contributed by atoms with Crippen molar-refractivity contribution in [1.29, 1.82) is 0 Å². The lowest BCUT2D eigenvalue weighted by Crippen LogP contribution is -2.26. The molecule has 1 N–H and O–H groups in total. The maximum absolute atomic E-state index is 12.2. The second-order valence-electron chi connectivity index (χ2n) is 5.94. The highest BCUT2D eigenvalue weighted by atomic mass is 16.5. The summed E-state index contributed by atoms with van der Waals surface area (Å²) in [6, 6.07) is 14.0. The Morgan fingerprint density at radius 3 is 2.46 bits per heavy atom. The topological polar surface area (TPSA) is 38.3 Å². The number of hydrogen-bond donors (Lipinski definition) is 1. The molecule has 2 aromatic carbocycles. The summed E-state index contributed by atoms with van der Waals surface area (Å²) in [5.41, 5.74) is 4.58. The smallest absolute Gasteiger partial charge is 0.244 e. The van der Waals surface area contributed by atoms with Crippen LogP contribution in [0.3, 0.4) is 0 Å². The molecule has 3 heteroatoms. The lowest BCUT2D eigenvalue weighted by molar-refractivity contribution is -0.117. The molecule has 0 unspecified atom stereocenters. The van der Waals surface area contributed by atoms with Crippen LogP contribution in [0.25, 0.3) is 6.08 Å². The molecule has 1 amide bonds. The van der Waals surface area contributed by atoms with Crippen LogP contribution in [-0.2, 0) is 4.79 Å². The zero-order valence-corrected chi connectivity index (χ0v) is 14.8. The predicted octanol–water partition coefficient (Wildman–Crippen LogP) is 4.59. The summed E-state index contributed by atoms with van der Waals surface area (Å²) in [6.07, 6.45) is 4.24. The van der Waals surface area contributed by atoms with Crippen molar-refractivity contribution < 1.29 is 9.53 Å². The molecule has 0 saturated heterocycles. The first kappa shape index (κ1) is 17.8. The van der Waals surface area contributed by atoms with Crippen molar-refractivity contribution in [1.82, 2.24) is 5.32 Å². The van der Waals surface area contributed by atoms with Crippen LogP contribution >= 0.6 is 0 Å². The molecule has 1 atom stereocenters. The summed E-state index contributed by atoms with van der Waals surface area (Å²) < 4.78 is 5.13. The van der Waals surface area contributed by atoms with Crippen LogP contribution in [0.5, 0.6) is 5.75 Å². The van der Waals surface area contributed by atoms with Gasteiger partial charge >= 0.3 is 0 Å². The van der Waals surface area contributed by atoms with E-state index in [1.54, 1.807) is 13.2 Å². The summed E-state index contributed by atoms with van der Waals surface area (Å²) in [7, 11) is 1.64. The van der Waals surface area contributed by atoms with Gasteiger partial charge in [-0.15, -0.1) is 0 Å². The van der Waals surface area contributed by atoms with Crippen molar-refractivity contribution in [3.8, 4) is 5.75 Å². The van der Waals surface area contributed by atoms with E-state index in [9.17, 15) is 4.79 Å². The molecule has 0 heterocycles. The number of amides is 1. The SMILES string of the molecule is CC[C@@H](NC(=O)/C=C/c1ccc(OC)cc1)c1ccc(C)cc1C. The van der Waals surface area contributed by atoms with E-state index in [-0.39, 0.29) is 11.9 Å². The molecular weight excluding hydrogens is 298 g/mol. The number of carbonyl (C=O) groups is 1. The molecule has 0 saturated carbocycles. The minimum atomic E-state index is -0.0855. The van der Waals surface area contributed by atoms with E-state index < -0.39 is 0 Å². The number of benzene rings is 2. The van der Waals surface area contributed by atoms with Crippen LogP contribution in [0.15, 0.2) is 48.5 Å². The van der Waals surface area contributed by atoms with Crippen molar-refractivity contribution in [3.63, 3.8) is 0 Å². The number of hydrogen-bond acceptors (Lipinski definition) is 2. The number of nitrogens with one attached hydrogen (secondary N) is 1. The molecule has 0 aromatic heterocycles. The summed E-state index contributed by atoms with van der Waals surface area (Å²) >= 11 is 0. The fraction of sp³-hybridized carbons (Fsp3) is 0.286. The number of methoxy groups -OCH3 is 1. The largest absolute Gasteiger partial charge is 0.497 e. The van der Waals surface area contributed by atoms with Gasteiger partial charge in [-0.05, 0) is 55.2 Å². The molecule has 0 aliphatic rings. The third-order valence-corrected chi connectivity index (χ3v) is 4.07. The van der Waals surface area contributed by atoms with Gasteiger partial charge in [0.2, 0.25) is 5.91 Å². The van der Waals surface area contributed by atoms with Gasteiger partial charge in [0.1, 0.15) is 5.75 Å². The first-order valence-corrected chi connectivity index (χ1v) is 8.23. The first-order chi connectivity index (χ1) is 11.5. The van der Waals surface area contributed by atoms with E-state index in [2.05, 4.69) is 44.3 Å². The Hall–Kier alpha value is -2.55. The van der Waals surface area contributed by atoms with Gasteiger partial charge in [-0.25, -0.2) is 0 Å². The molecule has 0 radical (unpaired) electrons. The third kappa shape index (κ3) is 4.72. The summed E-state index contributed by atoms with van der Waals surface area (Å²) in [4.78, 5) is 12.2. The molecule has 0 aliphatic carbocycles. The molecule has 126 valence electrons. The molecule has 2 rings (SSSR count). The Balaban J connectivity index is 2.04. The van der Waals surface area contributed by atoms with E-state index in [0.717, 1.165) is 17.7 Å². The average molecular weight is 323 g/mol. The summed E-state index contributed by atoms with van der Waals surface area (Å²) in [5, 5.41) is 3.09. The zero-order valence-electron chi connectivity index (χ0n) is 14.8. The molecule has 0 fully saturated rings. The van der Waals surface area contributed by atoms with Gasteiger partial charge in [0.15, 0.2) is 0 Å². The maximum Gasteiger partial charge on any atom is 0.244 e. The van der Waals surface area contributed by atoms with Gasteiger partial charge in [0, 0.05) is 6.08 Å². The zero-order chi connectivity index (χ0) is 17.5. The highest BCUT2D eigenvalue weighted by Crippen LogP contribution is 2.21. The molecule has 3 nitrogen and oxygen atoms in total. The van der Waals surface area contributed by atoms with E-state index in [1.807, 2.05) is 30.3 Å². The van der Waals surface area contributed by atoms with Crippen LogP contribution in [0.2, 0.25) is 0 Å². The standard InChI is InChI=1S/C21H25NO2/c1-5-20(19-12-6-15(2)14-16(19)3)22-21(23)13-9-17-7-10-18(24-4)11-8-17/h6-14,20H,5H2,1-4H3,(H,22,23)/b13-9+/t20-/m1/s1. The molecule has 24 heavy (non-hydrogen) atoms. The van der Waals surface area contributed by atoms with Gasteiger partial charge in [0.05, 0.1) is 13.2 Å². The second kappa shape index (κ2) is 8.34. The molecule has 2 aromatic rings. The number of aryl methyl sites for hydroxylation is 2. The first-order valence-electron chi connectivity index (χ1n) is 8.23. The Kier molecular flexibility index (Phi) is 6.19. The van der Waals surface area contributed by atoms with E-state index in [4.69, 9.17) is 4.74 Å². The van der Waals surface area contributed by atoms with E-state index in [0.29, 0.717) is 0 Å². The van der Waals surface area contributed by atoms with E-state index in [1.165, 1.54) is 16.7 Å². The van der Waals surface area contributed by atoms with Gasteiger partial charge < -0.3 is 10.1 Å². The highest BCUT2D eigenvalue weighted by Gasteiger charge is 2.13. The van der Waals surface area contributed by atoms with Crippen LogP contribution in [-0.4, -0.2) is 13.0 Å². The van der Waals surface area contributed by atoms with Crippen molar-refractivity contribution in [3.05, 3.63) is 70.8 Å². The minimum Gasteiger partial charge on any atom is -0.497 e. The predicted molar refractivity (Wildman–Crippen MR) is 99.1 cm³/mol. The monoisotopic (exact) mass is 323 g/mol. The molecule has 0 spiro atoms. The van der Waals surface area contributed by atoms with Gasteiger partial charge in [-0.1, -0.05) is 42.8 Å². The minimum absolute atomic E-state index is 0.0265. The number of rotatable bonds is 6.